The Morgan fingerprint density at radius 1 is 0.917 bits per heavy atom. The fraction of sp³-hybridized carbons (Fsp3) is 0.286. The molecule has 0 saturated heterocycles. The van der Waals surface area contributed by atoms with Crippen LogP contribution in [0.3, 0.4) is 0 Å². The summed E-state index contributed by atoms with van der Waals surface area (Å²) >= 11 is 20.0. The summed E-state index contributed by atoms with van der Waals surface area (Å²) in [6.45, 7) is 2.61. The average Bonchev–Trinajstić information content (AvgIpc) is 2.87. The summed E-state index contributed by atoms with van der Waals surface area (Å²) in [6, 6.07) is 22.0. The highest BCUT2D eigenvalue weighted by Gasteiger charge is 2.30. The van der Waals surface area contributed by atoms with Gasteiger partial charge in [0.15, 0.2) is 0 Å². The number of hydrogen-bond acceptors (Lipinski definition) is 3. The molecule has 0 heterocycles. The molecule has 0 aliphatic carbocycles. The number of carbonyl (C=O) groups is 2. The van der Waals surface area contributed by atoms with Crippen molar-refractivity contribution in [2.45, 2.75) is 43.7 Å². The van der Waals surface area contributed by atoms with Gasteiger partial charge in [-0.15, -0.1) is 11.8 Å². The molecule has 0 aliphatic heterocycles. The summed E-state index contributed by atoms with van der Waals surface area (Å²) in [5.74, 6) is 0.522. The first-order valence-electron chi connectivity index (χ1n) is 11.8. The Hall–Kier alpha value is -2.18. The number of likely N-dealkylation sites (N-methyl/N-ethyl adjacent to an activating group) is 1. The van der Waals surface area contributed by atoms with E-state index < -0.39 is 6.04 Å². The van der Waals surface area contributed by atoms with Crippen molar-refractivity contribution in [1.82, 2.24) is 10.2 Å². The molecule has 36 heavy (non-hydrogen) atoms. The topological polar surface area (TPSA) is 49.4 Å². The number of nitrogens with zero attached hydrogens (tertiary/aromatic N) is 1. The van der Waals surface area contributed by atoms with Crippen LogP contribution in [0.15, 0.2) is 77.7 Å². The van der Waals surface area contributed by atoms with Crippen molar-refractivity contribution in [2.75, 3.05) is 12.3 Å². The molecule has 1 N–H and O–H groups in total. The second kappa shape index (κ2) is 14.5. The number of halogens is 3. The van der Waals surface area contributed by atoms with E-state index in [1.165, 1.54) is 0 Å². The van der Waals surface area contributed by atoms with E-state index in [2.05, 4.69) is 5.32 Å². The summed E-state index contributed by atoms with van der Waals surface area (Å²) in [4.78, 5) is 29.5. The second-order valence-corrected chi connectivity index (χ2v) is 10.7. The lowest BCUT2D eigenvalue weighted by Gasteiger charge is -2.31. The van der Waals surface area contributed by atoms with Crippen molar-refractivity contribution in [2.24, 2.45) is 0 Å². The molecule has 0 unspecified atom stereocenters. The number of nitrogens with one attached hydrogen (secondary N) is 1. The van der Waals surface area contributed by atoms with Gasteiger partial charge in [-0.1, -0.05) is 71.2 Å². The van der Waals surface area contributed by atoms with E-state index >= 15 is 0 Å². The SMILES string of the molecule is CCNC(=O)[C@H](Cc1ccccc1)N(Cc1ccc(Cl)c(Cl)c1)C(=O)CCCSc1ccc(Cl)cc1. The molecule has 3 aromatic rings. The monoisotopic (exact) mass is 562 g/mol. The molecule has 0 aliphatic rings. The number of rotatable bonds is 12. The largest absolute Gasteiger partial charge is 0.355 e. The van der Waals surface area contributed by atoms with Gasteiger partial charge in [0.2, 0.25) is 11.8 Å². The third-order valence-electron chi connectivity index (χ3n) is 5.58. The standard InChI is InChI=1S/C28H29Cl3N2O2S/c1-2-32-28(35)26(18-20-7-4-3-5-8-20)33(19-21-10-15-24(30)25(31)17-21)27(34)9-6-16-36-23-13-11-22(29)12-14-23/h3-5,7-8,10-15,17,26H,2,6,9,16,18-19H2,1H3,(H,32,35)/t26-/m0/s1. The maximum absolute atomic E-state index is 13.6. The molecule has 2 amide bonds. The first kappa shape index (κ1) is 28.4. The van der Waals surface area contributed by atoms with E-state index in [4.69, 9.17) is 34.8 Å². The smallest absolute Gasteiger partial charge is 0.243 e. The summed E-state index contributed by atoms with van der Waals surface area (Å²) < 4.78 is 0. The van der Waals surface area contributed by atoms with Gasteiger partial charge in [0.25, 0.3) is 0 Å². The number of thioether (sulfide) groups is 1. The molecule has 1 atom stereocenters. The number of benzene rings is 3. The summed E-state index contributed by atoms with van der Waals surface area (Å²) in [5, 5.41) is 4.46. The average molecular weight is 564 g/mol. The lowest BCUT2D eigenvalue weighted by Crippen LogP contribution is -2.50. The Morgan fingerprint density at radius 2 is 1.64 bits per heavy atom. The predicted molar refractivity (Wildman–Crippen MR) is 151 cm³/mol. The Labute approximate surface area is 232 Å². The van der Waals surface area contributed by atoms with Gasteiger partial charge in [0.05, 0.1) is 10.0 Å². The zero-order valence-corrected chi connectivity index (χ0v) is 23.1. The quantitative estimate of drug-likeness (QED) is 0.186. The van der Waals surface area contributed by atoms with E-state index in [-0.39, 0.29) is 18.4 Å². The molecule has 0 saturated carbocycles. The third-order valence-corrected chi connectivity index (χ3v) is 7.67. The van der Waals surface area contributed by atoms with Crippen LogP contribution in [0.5, 0.6) is 0 Å². The lowest BCUT2D eigenvalue weighted by atomic mass is 10.0. The highest BCUT2D eigenvalue weighted by molar-refractivity contribution is 7.99. The summed E-state index contributed by atoms with van der Waals surface area (Å²) in [6.07, 6.45) is 1.42. The molecule has 0 spiro atoms. The van der Waals surface area contributed by atoms with Gasteiger partial charge in [-0.25, -0.2) is 0 Å². The van der Waals surface area contributed by atoms with Gasteiger partial charge in [0.1, 0.15) is 6.04 Å². The van der Waals surface area contributed by atoms with E-state index in [9.17, 15) is 9.59 Å². The van der Waals surface area contributed by atoms with Crippen LogP contribution in [0.2, 0.25) is 15.1 Å². The summed E-state index contributed by atoms with van der Waals surface area (Å²) in [5.41, 5.74) is 1.80. The Bertz CT molecular complexity index is 1140. The van der Waals surface area contributed by atoms with Gasteiger partial charge < -0.3 is 10.2 Å². The van der Waals surface area contributed by atoms with Gasteiger partial charge in [0, 0.05) is 35.8 Å². The van der Waals surface area contributed by atoms with Gasteiger partial charge in [-0.3, -0.25) is 9.59 Å². The van der Waals surface area contributed by atoms with E-state index in [0.717, 1.165) is 21.8 Å². The normalized spacial score (nSPS) is 11.7. The maximum atomic E-state index is 13.6. The molecule has 0 radical (unpaired) electrons. The van der Waals surface area contributed by atoms with Crippen LogP contribution < -0.4 is 5.32 Å². The van der Waals surface area contributed by atoms with E-state index in [1.54, 1.807) is 28.8 Å². The second-order valence-electron chi connectivity index (χ2n) is 8.28. The molecule has 0 bridgehead atoms. The van der Waals surface area contributed by atoms with Crippen molar-refractivity contribution >= 4 is 58.4 Å². The van der Waals surface area contributed by atoms with Crippen molar-refractivity contribution < 1.29 is 9.59 Å². The molecular formula is C28H29Cl3N2O2S. The van der Waals surface area contributed by atoms with Crippen molar-refractivity contribution in [3.63, 3.8) is 0 Å². The minimum Gasteiger partial charge on any atom is -0.355 e. The van der Waals surface area contributed by atoms with Gasteiger partial charge >= 0.3 is 0 Å². The molecule has 3 aromatic carbocycles. The Balaban J connectivity index is 1.78. The fourth-order valence-electron chi connectivity index (χ4n) is 3.77. The van der Waals surface area contributed by atoms with Crippen LogP contribution in [0.1, 0.15) is 30.9 Å². The van der Waals surface area contributed by atoms with Crippen LogP contribution in [0, 0.1) is 0 Å². The summed E-state index contributed by atoms with van der Waals surface area (Å²) in [7, 11) is 0. The molecule has 8 heteroatoms. The van der Waals surface area contributed by atoms with E-state index in [0.29, 0.717) is 40.9 Å². The minimum atomic E-state index is -0.654. The highest BCUT2D eigenvalue weighted by Crippen LogP contribution is 2.25. The van der Waals surface area contributed by atoms with Crippen LogP contribution in [0.4, 0.5) is 0 Å². The van der Waals surface area contributed by atoms with Crippen molar-refractivity contribution in [3.8, 4) is 0 Å². The number of hydrogen-bond donors (Lipinski definition) is 1. The number of carbonyl (C=O) groups excluding carboxylic acids is 2. The molecule has 4 nitrogen and oxygen atoms in total. The van der Waals surface area contributed by atoms with Crippen molar-refractivity contribution in [1.29, 1.82) is 0 Å². The first-order valence-corrected chi connectivity index (χ1v) is 13.9. The third kappa shape index (κ3) is 8.74. The fourth-order valence-corrected chi connectivity index (χ4v) is 5.07. The first-order chi connectivity index (χ1) is 17.4. The molecule has 0 fully saturated rings. The zero-order chi connectivity index (χ0) is 25.9. The Kier molecular flexibility index (Phi) is 11.5. The van der Waals surface area contributed by atoms with Crippen LogP contribution in [-0.4, -0.2) is 35.1 Å². The van der Waals surface area contributed by atoms with Crippen LogP contribution in [-0.2, 0) is 22.6 Å². The Morgan fingerprint density at radius 3 is 2.31 bits per heavy atom. The molecular weight excluding hydrogens is 535 g/mol. The molecule has 0 aromatic heterocycles. The van der Waals surface area contributed by atoms with Crippen molar-refractivity contribution in [3.05, 3.63) is 99.0 Å². The lowest BCUT2D eigenvalue weighted by molar-refractivity contribution is -0.141. The van der Waals surface area contributed by atoms with Crippen LogP contribution in [0.25, 0.3) is 0 Å². The maximum Gasteiger partial charge on any atom is 0.243 e. The number of amides is 2. The van der Waals surface area contributed by atoms with E-state index in [1.807, 2.05) is 67.6 Å². The zero-order valence-electron chi connectivity index (χ0n) is 20.1. The minimum absolute atomic E-state index is 0.0787. The van der Waals surface area contributed by atoms with Crippen LogP contribution >= 0.6 is 46.6 Å². The predicted octanol–water partition coefficient (Wildman–Crippen LogP) is 7.30. The highest BCUT2D eigenvalue weighted by atomic mass is 35.5. The van der Waals surface area contributed by atoms with Gasteiger partial charge in [-0.2, -0.15) is 0 Å². The molecule has 190 valence electrons. The molecule has 3 rings (SSSR count). The van der Waals surface area contributed by atoms with Gasteiger partial charge in [-0.05, 0) is 66.6 Å².